The van der Waals surface area contributed by atoms with Crippen LogP contribution in [0, 0.1) is 28.6 Å². The molecule has 34 heavy (non-hydrogen) atoms. The Hall–Kier alpha value is -2.28. The minimum atomic E-state index is -1.44. The molecule has 0 aliphatic heterocycles. The number of esters is 2. The van der Waals surface area contributed by atoms with Crippen LogP contribution in [0.15, 0.2) is 23.8 Å². The third-order valence-corrected chi connectivity index (χ3v) is 9.24. The van der Waals surface area contributed by atoms with E-state index in [1.807, 2.05) is 19.9 Å². The van der Waals surface area contributed by atoms with E-state index in [1.165, 1.54) is 6.92 Å². The topological polar surface area (TPSA) is 107 Å². The van der Waals surface area contributed by atoms with Crippen LogP contribution in [0.1, 0.15) is 72.6 Å². The highest BCUT2D eigenvalue weighted by atomic mass is 16.6. The fourth-order valence-corrected chi connectivity index (χ4v) is 7.88. The highest BCUT2D eigenvalue weighted by Gasteiger charge is 2.70. The lowest BCUT2D eigenvalue weighted by molar-refractivity contribution is -0.205. The molecule has 3 saturated carbocycles. The van der Waals surface area contributed by atoms with Gasteiger partial charge < -0.3 is 14.6 Å². The number of carbonyl (C=O) groups is 4. The van der Waals surface area contributed by atoms with Gasteiger partial charge in [-0.3, -0.25) is 19.2 Å². The van der Waals surface area contributed by atoms with Crippen molar-refractivity contribution in [2.45, 2.75) is 84.3 Å². The second-order valence-electron chi connectivity index (χ2n) is 11.0. The third kappa shape index (κ3) is 3.58. The summed E-state index contributed by atoms with van der Waals surface area (Å²) in [6.07, 6.45) is 8.71. The number of hydrogen-bond donors (Lipinski definition) is 1. The average Bonchev–Trinajstić information content (AvgIpc) is 3.05. The summed E-state index contributed by atoms with van der Waals surface area (Å²) in [6.45, 7) is 6.58. The van der Waals surface area contributed by atoms with Gasteiger partial charge >= 0.3 is 11.9 Å². The van der Waals surface area contributed by atoms with Crippen molar-refractivity contribution < 1.29 is 33.8 Å². The standard InChI is InChI=1S/C27H36O7/c1-5-6-23(32)33-21-14-26(4)20(10-12-27(26,22(31)15-28)34-16(2)29)19-8-7-17-13-18(30)9-11-25(17,3)24(19)21/h9,11,13,19-21,24,28H,5-8,10,12,14-15H2,1-4H3/t19-,20-,21-,24+,25-,26-,27-/m0/s1. The third-order valence-electron chi connectivity index (χ3n) is 9.24. The molecule has 7 atom stereocenters. The van der Waals surface area contributed by atoms with Crippen molar-refractivity contribution in [3.63, 3.8) is 0 Å². The monoisotopic (exact) mass is 472 g/mol. The molecule has 7 nitrogen and oxygen atoms in total. The maximum absolute atomic E-state index is 13.2. The molecule has 0 aromatic heterocycles. The molecule has 0 aromatic carbocycles. The summed E-state index contributed by atoms with van der Waals surface area (Å²) in [7, 11) is 0. The summed E-state index contributed by atoms with van der Waals surface area (Å²) in [4.78, 5) is 50.2. The number of rotatable bonds is 6. The van der Waals surface area contributed by atoms with E-state index in [1.54, 1.807) is 12.2 Å². The Kier molecular flexibility index (Phi) is 6.38. The molecule has 0 radical (unpaired) electrons. The van der Waals surface area contributed by atoms with E-state index in [9.17, 15) is 24.3 Å². The minimum Gasteiger partial charge on any atom is -0.462 e. The zero-order valence-corrected chi connectivity index (χ0v) is 20.6. The maximum atomic E-state index is 13.2. The lowest BCUT2D eigenvalue weighted by Gasteiger charge is -2.60. The molecule has 0 heterocycles. The molecule has 0 spiro atoms. The van der Waals surface area contributed by atoms with Gasteiger partial charge in [-0.05, 0) is 62.5 Å². The van der Waals surface area contributed by atoms with Gasteiger partial charge in [0, 0.05) is 30.1 Å². The van der Waals surface area contributed by atoms with E-state index in [4.69, 9.17) is 9.47 Å². The predicted octanol–water partition coefficient (Wildman–Crippen LogP) is 3.48. The van der Waals surface area contributed by atoms with Gasteiger partial charge in [-0.15, -0.1) is 0 Å². The molecule has 0 amide bonds. The number of aliphatic hydroxyl groups is 1. The Labute approximate surface area is 200 Å². The molecule has 3 fully saturated rings. The van der Waals surface area contributed by atoms with E-state index in [2.05, 4.69) is 6.92 Å². The zero-order valence-electron chi connectivity index (χ0n) is 20.6. The van der Waals surface area contributed by atoms with Crippen molar-refractivity contribution in [2.24, 2.45) is 28.6 Å². The smallest absolute Gasteiger partial charge is 0.306 e. The van der Waals surface area contributed by atoms with Crippen molar-refractivity contribution >= 4 is 23.5 Å². The molecule has 1 N–H and O–H groups in total. The van der Waals surface area contributed by atoms with Crippen LogP contribution < -0.4 is 0 Å². The first kappa shape index (κ1) is 24.8. The van der Waals surface area contributed by atoms with Crippen LogP contribution in [0.2, 0.25) is 0 Å². The first-order chi connectivity index (χ1) is 16.0. The van der Waals surface area contributed by atoms with Gasteiger partial charge in [-0.1, -0.05) is 32.4 Å². The van der Waals surface area contributed by atoms with E-state index in [-0.39, 0.29) is 29.5 Å². The summed E-state index contributed by atoms with van der Waals surface area (Å²) in [5.74, 6) is -1.23. The highest BCUT2D eigenvalue weighted by Crippen LogP contribution is 2.68. The lowest BCUT2D eigenvalue weighted by Crippen LogP contribution is -2.63. The minimum absolute atomic E-state index is 0.0191. The Balaban J connectivity index is 1.82. The van der Waals surface area contributed by atoms with Crippen LogP contribution in [-0.4, -0.2) is 46.9 Å². The Morgan fingerprint density at radius 2 is 1.94 bits per heavy atom. The van der Waals surface area contributed by atoms with E-state index >= 15 is 0 Å². The number of Topliss-reactive ketones (excluding diaryl/α,β-unsaturated/α-hetero) is 1. The van der Waals surface area contributed by atoms with Crippen LogP contribution in [0.3, 0.4) is 0 Å². The van der Waals surface area contributed by atoms with Crippen LogP contribution in [0.5, 0.6) is 0 Å². The summed E-state index contributed by atoms with van der Waals surface area (Å²) < 4.78 is 11.9. The van der Waals surface area contributed by atoms with Crippen LogP contribution in [0.25, 0.3) is 0 Å². The molecular formula is C27H36O7. The van der Waals surface area contributed by atoms with Crippen LogP contribution in [-0.2, 0) is 28.7 Å². The molecule has 4 aliphatic carbocycles. The molecular weight excluding hydrogens is 436 g/mol. The number of allylic oxidation sites excluding steroid dienone is 4. The number of ketones is 2. The number of ether oxygens (including phenoxy) is 2. The van der Waals surface area contributed by atoms with E-state index in [0.717, 1.165) is 18.4 Å². The molecule has 4 rings (SSSR count). The molecule has 0 unspecified atom stereocenters. The maximum Gasteiger partial charge on any atom is 0.306 e. The van der Waals surface area contributed by atoms with Crippen LogP contribution >= 0.6 is 0 Å². The van der Waals surface area contributed by atoms with Gasteiger partial charge in [0.05, 0.1) is 0 Å². The molecule has 186 valence electrons. The van der Waals surface area contributed by atoms with Gasteiger partial charge in [0.15, 0.2) is 11.4 Å². The van der Waals surface area contributed by atoms with Crippen LogP contribution in [0.4, 0.5) is 0 Å². The normalized spacial score (nSPS) is 40.5. The number of carbonyl (C=O) groups excluding carboxylic acids is 4. The van der Waals surface area contributed by atoms with Gasteiger partial charge in [0.1, 0.15) is 12.7 Å². The fourth-order valence-electron chi connectivity index (χ4n) is 7.88. The second kappa shape index (κ2) is 8.74. The average molecular weight is 473 g/mol. The number of hydrogen-bond acceptors (Lipinski definition) is 7. The fraction of sp³-hybridized carbons (Fsp3) is 0.704. The second-order valence-corrected chi connectivity index (χ2v) is 11.0. The molecule has 4 aliphatic rings. The van der Waals surface area contributed by atoms with E-state index < -0.39 is 40.9 Å². The molecule has 0 bridgehead atoms. The summed E-state index contributed by atoms with van der Waals surface area (Å²) in [5, 5.41) is 9.84. The van der Waals surface area contributed by atoms with Gasteiger partial charge in [-0.25, -0.2) is 0 Å². The van der Waals surface area contributed by atoms with Gasteiger partial charge in [-0.2, -0.15) is 0 Å². The molecule has 0 saturated heterocycles. The quantitative estimate of drug-likeness (QED) is 0.590. The largest absolute Gasteiger partial charge is 0.462 e. The number of aliphatic hydroxyl groups excluding tert-OH is 1. The molecule has 7 heteroatoms. The summed E-state index contributed by atoms with van der Waals surface area (Å²) in [6, 6.07) is 0. The highest BCUT2D eigenvalue weighted by molar-refractivity contribution is 6.01. The van der Waals surface area contributed by atoms with Gasteiger partial charge in [0.25, 0.3) is 0 Å². The Morgan fingerprint density at radius 3 is 2.59 bits per heavy atom. The van der Waals surface area contributed by atoms with Crippen molar-refractivity contribution in [1.82, 2.24) is 0 Å². The summed E-state index contributed by atoms with van der Waals surface area (Å²) in [5.41, 5.74) is -1.57. The predicted molar refractivity (Wildman–Crippen MR) is 123 cm³/mol. The zero-order chi connectivity index (χ0) is 24.9. The first-order valence-electron chi connectivity index (χ1n) is 12.5. The first-order valence-corrected chi connectivity index (χ1v) is 12.5. The Bertz CT molecular complexity index is 964. The van der Waals surface area contributed by atoms with Crippen molar-refractivity contribution in [1.29, 1.82) is 0 Å². The van der Waals surface area contributed by atoms with E-state index in [0.29, 0.717) is 32.1 Å². The van der Waals surface area contributed by atoms with Crippen molar-refractivity contribution in [3.05, 3.63) is 23.8 Å². The SMILES string of the molecule is CCCC(=O)O[C@H]1C[C@@]2(C)[C@@H](CC[C@]2(OC(C)=O)C(=O)CO)[C@@H]2CCC3=CC(=O)C=C[C@]3(C)[C@H]21. The Morgan fingerprint density at radius 1 is 1.21 bits per heavy atom. The van der Waals surface area contributed by atoms with Gasteiger partial charge in [0.2, 0.25) is 5.78 Å². The number of fused-ring (bicyclic) bond motifs is 5. The van der Waals surface area contributed by atoms with Crippen molar-refractivity contribution in [3.8, 4) is 0 Å². The van der Waals surface area contributed by atoms with Crippen molar-refractivity contribution in [2.75, 3.05) is 6.61 Å². The lowest BCUT2D eigenvalue weighted by atomic mass is 9.46. The molecule has 0 aromatic rings. The summed E-state index contributed by atoms with van der Waals surface area (Å²) >= 11 is 0.